The molecule has 7 heteroatoms. The molecule has 0 radical (unpaired) electrons. The van der Waals surface area contributed by atoms with Crippen molar-refractivity contribution in [3.8, 4) is 0 Å². The number of hydrogen-bond donors (Lipinski definition) is 0. The number of para-hydroxylation sites is 1. The van der Waals surface area contributed by atoms with Crippen LogP contribution in [-0.2, 0) is 0 Å². The molecule has 2 fully saturated rings. The summed E-state index contributed by atoms with van der Waals surface area (Å²) in [5.41, 5.74) is 1.11. The first-order valence-corrected chi connectivity index (χ1v) is 10.1. The van der Waals surface area contributed by atoms with Crippen LogP contribution in [0.5, 0.6) is 0 Å². The summed E-state index contributed by atoms with van der Waals surface area (Å²) in [6.45, 7) is 4.29. The molecule has 28 heavy (non-hydrogen) atoms. The van der Waals surface area contributed by atoms with Crippen LogP contribution in [0.15, 0.2) is 36.7 Å². The van der Waals surface area contributed by atoms with E-state index >= 15 is 0 Å². The third-order valence-electron chi connectivity index (χ3n) is 5.53. The normalized spacial score (nSPS) is 18.1. The molecular weight excluding hydrogens is 357 g/mol. The van der Waals surface area contributed by atoms with Gasteiger partial charge in [0.05, 0.1) is 11.3 Å². The fourth-order valence-corrected chi connectivity index (χ4v) is 3.91. The Morgan fingerprint density at radius 1 is 0.821 bits per heavy atom. The van der Waals surface area contributed by atoms with Gasteiger partial charge in [-0.1, -0.05) is 25.0 Å². The quantitative estimate of drug-likeness (QED) is 0.816. The van der Waals surface area contributed by atoms with E-state index < -0.39 is 0 Å². The highest BCUT2D eigenvalue weighted by molar-refractivity contribution is 5.93. The van der Waals surface area contributed by atoms with E-state index in [4.69, 9.17) is 0 Å². The fourth-order valence-electron chi connectivity index (χ4n) is 3.91. The molecule has 0 N–H and O–H groups in total. The average molecular weight is 383 g/mol. The molecule has 0 unspecified atom stereocenters. The molecule has 0 aliphatic carbocycles. The van der Waals surface area contributed by atoms with Crippen LogP contribution in [0.2, 0.25) is 0 Å². The zero-order chi connectivity index (χ0) is 19.3. The van der Waals surface area contributed by atoms with Crippen LogP contribution in [0.3, 0.4) is 0 Å². The second kappa shape index (κ2) is 8.54. The van der Waals surface area contributed by atoms with Gasteiger partial charge < -0.3 is 14.7 Å². The lowest BCUT2D eigenvalue weighted by molar-refractivity contribution is 0.0746. The van der Waals surface area contributed by atoms with Crippen LogP contribution in [0, 0.1) is 5.82 Å². The van der Waals surface area contributed by atoms with Crippen molar-refractivity contribution in [2.45, 2.75) is 25.7 Å². The van der Waals surface area contributed by atoms with E-state index in [1.807, 2.05) is 11.0 Å². The summed E-state index contributed by atoms with van der Waals surface area (Å²) in [4.78, 5) is 27.7. The Balaban J connectivity index is 1.37. The lowest BCUT2D eigenvalue weighted by atomic mass is 10.2. The van der Waals surface area contributed by atoms with E-state index in [9.17, 15) is 9.18 Å². The van der Waals surface area contributed by atoms with Gasteiger partial charge in [-0.05, 0) is 25.0 Å². The first-order chi connectivity index (χ1) is 13.7. The number of anilines is 2. The molecule has 6 nitrogen and oxygen atoms in total. The van der Waals surface area contributed by atoms with Crippen molar-refractivity contribution >= 4 is 17.5 Å². The minimum atomic E-state index is -0.222. The fraction of sp³-hybridized carbons (Fsp3) is 0.476. The Morgan fingerprint density at radius 2 is 1.46 bits per heavy atom. The van der Waals surface area contributed by atoms with Crippen LogP contribution in [0.25, 0.3) is 0 Å². The highest BCUT2D eigenvalue weighted by Gasteiger charge is 2.24. The molecule has 148 valence electrons. The van der Waals surface area contributed by atoms with Gasteiger partial charge in [-0.3, -0.25) is 4.79 Å². The SMILES string of the molecule is O=C(c1cnc(N2CCCCCC2)nc1)N1CCN(c2ccccc2F)CC1. The molecular formula is C21H26FN5O. The van der Waals surface area contributed by atoms with E-state index in [0.29, 0.717) is 43.4 Å². The first kappa shape index (κ1) is 18.7. The zero-order valence-electron chi connectivity index (χ0n) is 16.1. The van der Waals surface area contributed by atoms with Gasteiger partial charge in [-0.2, -0.15) is 0 Å². The molecule has 1 aromatic heterocycles. The number of halogens is 1. The second-order valence-corrected chi connectivity index (χ2v) is 7.40. The molecule has 2 aliphatic heterocycles. The number of carbonyl (C=O) groups is 1. The monoisotopic (exact) mass is 383 g/mol. The summed E-state index contributed by atoms with van der Waals surface area (Å²) in [5.74, 6) is 0.429. The highest BCUT2D eigenvalue weighted by atomic mass is 19.1. The van der Waals surface area contributed by atoms with Crippen molar-refractivity contribution < 1.29 is 9.18 Å². The van der Waals surface area contributed by atoms with Crippen molar-refractivity contribution in [1.82, 2.24) is 14.9 Å². The maximum Gasteiger partial charge on any atom is 0.257 e. The standard InChI is InChI=1S/C21H26FN5O/c22-18-7-3-4-8-19(18)25-11-13-26(14-12-25)20(28)17-15-23-21(24-16-17)27-9-5-1-2-6-10-27/h3-4,7-8,15-16H,1-2,5-6,9-14H2. The van der Waals surface area contributed by atoms with Gasteiger partial charge in [0.2, 0.25) is 5.95 Å². The topological polar surface area (TPSA) is 52.6 Å². The van der Waals surface area contributed by atoms with Gasteiger partial charge in [-0.15, -0.1) is 0 Å². The van der Waals surface area contributed by atoms with Crippen LogP contribution in [0.1, 0.15) is 36.0 Å². The van der Waals surface area contributed by atoms with Crippen LogP contribution >= 0.6 is 0 Å². The highest BCUT2D eigenvalue weighted by Crippen LogP contribution is 2.21. The van der Waals surface area contributed by atoms with E-state index in [2.05, 4.69) is 14.9 Å². The molecule has 0 bridgehead atoms. The van der Waals surface area contributed by atoms with E-state index in [-0.39, 0.29) is 11.7 Å². The van der Waals surface area contributed by atoms with Gasteiger partial charge in [0.1, 0.15) is 5.82 Å². The summed E-state index contributed by atoms with van der Waals surface area (Å²) in [6, 6.07) is 6.77. The first-order valence-electron chi connectivity index (χ1n) is 10.1. The Labute approximate surface area is 165 Å². The number of amides is 1. The summed E-state index contributed by atoms with van der Waals surface area (Å²) >= 11 is 0. The number of hydrogen-bond acceptors (Lipinski definition) is 5. The number of piperazine rings is 1. The summed E-state index contributed by atoms with van der Waals surface area (Å²) in [6.07, 6.45) is 8.11. The maximum absolute atomic E-state index is 14.0. The van der Waals surface area contributed by atoms with Crippen molar-refractivity contribution in [3.63, 3.8) is 0 Å². The summed E-state index contributed by atoms with van der Waals surface area (Å²) in [7, 11) is 0. The number of benzene rings is 1. The maximum atomic E-state index is 14.0. The van der Waals surface area contributed by atoms with Crippen molar-refractivity contribution in [2.75, 3.05) is 49.1 Å². The lowest BCUT2D eigenvalue weighted by Gasteiger charge is -2.36. The zero-order valence-corrected chi connectivity index (χ0v) is 16.1. The molecule has 0 spiro atoms. The van der Waals surface area contributed by atoms with E-state index in [0.717, 1.165) is 25.9 Å². The Kier molecular flexibility index (Phi) is 5.69. The van der Waals surface area contributed by atoms with Crippen molar-refractivity contribution in [2.24, 2.45) is 0 Å². The largest absolute Gasteiger partial charge is 0.366 e. The molecule has 2 saturated heterocycles. The van der Waals surface area contributed by atoms with Gasteiger partial charge >= 0.3 is 0 Å². The van der Waals surface area contributed by atoms with Gasteiger partial charge in [0.25, 0.3) is 5.91 Å². The van der Waals surface area contributed by atoms with Crippen molar-refractivity contribution in [1.29, 1.82) is 0 Å². The number of rotatable bonds is 3. The average Bonchev–Trinajstić information content (AvgIpc) is 3.04. The van der Waals surface area contributed by atoms with Crippen molar-refractivity contribution in [3.05, 3.63) is 48.0 Å². The molecule has 4 rings (SSSR count). The number of carbonyl (C=O) groups excluding carboxylic acids is 1. The molecule has 1 aromatic carbocycles. The van der Waals surface area contributed by atoms with Crippen LogP contribution in [0.4, 0.5) is 16.0 Å². The molecule has 0 saturated carbocycles. The Morgan fingerprint density at radius 3 is 2.11 bits per heavy atom. The van der Waals surface area contributed by atoms with Gasteiger partial charge in [-0.25, -0.2) is 14.4 Å². The third kappa shape index (κ3) is 4.08. The predicted octanol–water partition coefficient (Wildman–Crippen LogP) is 2.96. The lowest BCUT2D eigenvalue weighted by Crippen LogP contribution is -2.49. The van der Waals surface area contributed by atoms with E-state index in [1.54, 1.807) is 29.4 Å². The molecule has 3 heterocycles. The Bertz CT molecular complexity index is 797. The molecule has 1 amide bonds. The minimum absolute atomic E-state index is 0.0596. The molecule has 0 atom stereocenters. The summed E-state index contributed by atoms with van der Waals surface area (Å²) < 4.78 is 14.0. The van der Waals surface area contributed by atoms with Gasteiger partial charge in [0, 0.05) is 51.7 Å². The number of nitrogens with zero attached hydrogens (tertiary/aromatic N) is 5. The Hall–Kier alpha value is -2.70. The van der Waals surface area contributed by atoms with Crippen LogP contribution in [-0.4, -0.2) is 60.0 Å². The predicted molar refractivity (Wildman–Crippen MR) is 107 cm³/mol. The second-order valence-electron chi connectivity index (χ2n) is 7.40. The smallest absolute Gasteiger partial charge is 0.257 e. The molecule has 2 aromatic rings. The van der Waals surface area contributed by atoms with E-state index in [1.165, 1.54) is 18.9 Å². The minimum Gasteiger partial charge on any atom is -0.366 e. The molecule has 2 aliphatic rings. The van der Waals surface area contributed by atoms with Crippen LogP contribution < -0.4 is 9.80 Å². The number of aromatic nitrogens is 2. The third-order valence-corrected chi connectivity index (χ3v) is 5.53. The summed E-state index contributed by atoms with van der Waals surface area (Å²) in [5, 5.41) is 0. The van der Waals surface area contributed by atoms with Gasteiger partial charge in [0.15, 0.2) is 0 Å².